The summed E-state index contributed by atoms with van der Waals surface area (Å²) in [5.74, 6) is 1.16. The highest BCUT2D eigenvalue weighted by Gasteiger charge is 2.66. The minimum atomic E-state index is -0.509. The van der Waals surface area contributed by atoms with Crippen molar-refractivity contribution >= 4 is 23.3 Å². The molecule has 4 fully saturated rings. The van der Waals surface area contributed by atoms with Gasteiger partial charge in [-0.15, -0.1) is 0 Å². The Morgan fingerprint density at radius 1 is 1.06 bits per heavy atom. The van der Waals surface area contributed by atoms with E-state index in [1.165, 1.54) is 0 Å². The molecule has 0 N–H and O–H groups in total. The van der Waals surface area contributed by atoms with E-state index in [0.717, 1.165) is 19.3 Å². The van der Waals surface area contributed by atoms with Crippen molar-refractivity contribution in [1.82, 2.24) is 0 Å². The summed E-state index contributed by atoms with van der Waals surface area (Å²) in [7, 11) is 0. The Morgan fingerprint density at radius 3 is 2.49 bits per heavy atom. The molecule has 0 spiro atoms. The second-order valence-corrected chi connectivity index (χ2v) is 12.2. The van der Waals surface area contributed by atoms with Crippen molar-refractivity contribution in [2.24, 2.45) is 46.3 Å². The van der Waals surface area contributed by atoms with Gasteiger partial charge in [0.1, 0.15) is 17.3 Å². The van der Waals surface area contributed by atoms with Crippen LogP contribution >= 0.6 is 0 Å². The van der Waals surface area contributed by atoms with Crippen LogP contribution in [0.25, 0.3) is 0 Å². The average Bonchev–Trinajstić information content (AvgIpc) is 3.17. The van der Waals surface area contributed by atoms with E-state index in [0.29, 0.717) is 57.3 Å². The molecule has 0 aromatic heterocycles. The van der Waals surface area contributed by atoms with Crippen molar-refractivity contribution < 1.29 is 28.7 Å². The van der Waals surface area contributed by atoms with E-state index in [1.54, 1.807) is 0 Å². The topological polar surface area (TPSA) is 86.7 Å². The van der Waals surface area contributed by atoms with Crippen LogP contribution in [0.4, 0.5) is 0 Å². The predicted octanol–water partition coefficient (Wildman–Crippen LogP) is 5.30. The van der Waals surface area contributed by atoms with Crippen molar-refractivity contribution in [1.29, 1.82) is 0 Å². The van der Waals surface area contributed by atoms with Crippen LogP contribution < -0.4 is 0 Å². The molecule has 6 nitrogen and oxygen atoms in total. The Balaban J connectivity index is 1.47. The molecule has 0 aromatic carbocycles. The minimum Gasteiger partial charge on any atom is -0.436 e. The fourth-order valence-corrected chi connectivity index (χ4v) is 8.56. The lowest BCUT2D eigenvalue weighted by Gasteiger charge is -2.58. The molecule has 9 atom stereocenters. The Kier molecular flexibility index (Phi) is 7.62. The SMILES string of the molecule is CCOC(CC)OC(=O)CCC(C)C1CCC2C3C(=O)CC4CC(=O)CCC4(C)C3CC(=O)C12C. The lowest BCUT2D eigenvalue weighted by atomic mass is 9.44. The normalized spacial score (nSPS) is 40.5. The second-order valence-electron chi connectivity index (χ2n) is 12.2. The first-order chi connectivity index (χ1) is 16.6. The number of carbonyl (C=O) groups excluding carboxylic acids is 4. The van der Waals surface area contributed by atoms with Gasteiger partial charge in [-0.3, -0.25) is 19.2 Å². The van der Waals surface area contributed by atoms with E-state index in [2.05, 4.69) is 20.8 Å². The van der Waals surface area contributed by atoms with E-state index < -0.39 is 11.7 Å². The van der Waals surface area contributed by atoms with Gasteiger partial charge in [0, 0.05) is 56.5 Å². The number of hydrogen-bond donors (Lipinski definition) is 0. The molecule has 9 unspecified atom stereocenters. The molecule has 6 heteroatoms. The molecular formula is C29H44O6. The van der Waals surface area contributed by atoms with Crippen LogP contribution in [-0.4, -0.2) is 36.2 Å². The Bertz CT molecular complexity index is 865. The van der Waals surface area contributed by atoms with Crippen molar-refractivity contribution in [2.75, 3.05) is 6.61 Å². The zero-order valence-electron chi connectivity index (χ0n) is 22.3. The standard InChI is InChI=1S/C29H44O6/c1-6-26(34-7-2)35-25(33)11-8-17(3)20-9-10-21-27-22(16-24(32)29(20,21)5)28(4)13-12-19(30)14-18(28)15-23(27)31/h17-18,20-22,26-27H,6-16H2,1-5H3. The molecule has 4 saturated carbocycles. The van der Waals surface area contributed by atoms with Crippen LogP contribution in [0, 0.1) is 46.3 Å². The molecular weight excluding hydrogens is 444 g/mol. The second kappa shape index (κ2) is 10.1. The maximum atomic E-state index is 13.9. The summed E-state index contributed by atoms with van der Waals surface area (Å²) in [6.07, 6.45) is 5.78. The van der Waals surface area contributed by atoms with E-state index in [4.69, 9.17) is 9.47 Å². The fourth-order valence-electron chi connectivity index (χ4n) is 8.56. The highest BCUT2D eigenvalue weighted by molar-refractivity contribution is 5.93. The van der Waals surface area contributed by atoms with Crippen LogP contribution in [-0.2, 0) is 28.7 Å². The smallest absolute Gasteiger partial charge is 0.308 e. The monoisotopic (exact) mass is 488 g/mol. The predicted molar refractivity (Wildman–Crippen MR) is 131 cm³/mol. The van der Waals surface area contributed by atoms with Crippen molar-refractivity contribution in [3.8, 4) is 0 Å². The third kappa shape index (κ3) is 4.53. The number of fused-ring (bicyclic) bond motifs is 5. The third-order valence-corrected chi connectivity index (χ3v) is 10.7. The Labute approximate surface area is 210 Å². The first kappa shape index (κ1) is 26.5. The molecule has 0 heterocycles. The Hall–Kier alpha value is -1.56. The number of ether oxygens (including phenoxy) is 2. The third-order valence-electron chi connectivity index (χ3n) is 10.7. The lowest BCUT2D eigenvalue weighted by Crippen LogP contribution is -2.60. The summed E-state index contributed by atoms with van der Waals surface area (Å²) in [5.41, 5.74) is -0.599. The van der Waals surface area contributed by atoms with Gasteiger partial charge in [0.05, 0.1) is 0 Å². The fraction of sp³-hybridized carbons (Fsp3) is 0.862. The zero-order valence-corrected chi connectivity index (χ0v) is 22.3. The molecule has 196 valence electrons. The maximum absolute atomic E-state index is 13.9. The maximum Gasteiger partial charge on any atom is 0.308 e. The van der Waals surface area contributed by atoms with Crippen molar-refractivity contribution in [2.45, 2.75) is 105 Å². The number of carbonyl (C=O) groups is 4. The van der Waals surface area contributed by atoms with Crippen LogP contribution in [0.2, 0.25) is 0 Å². The first-order valence-corrected chi connectivity index (χ1v) is 13.9. The van der Waals surface area contributed by atoms with Crippen LogP contribution in [0.15, 0.2) is 0 Å². The number of hydrogen-bond acceptors (Lipinski definition) is 6. The van der Waals surface area contributed by atoms with Gasteiger partial charge < -0.3 is 9.47 Å². The summed E-state index contributed by atoms with van der Waals surface area (Å²) >= 11 is 0. The van der Waals surface area contributed by atoms with E-state index in [1.807, 2.05) is 13.8 Å². The summed E-state index contributed by atoms with van der Waals surface area (Å²) in [5, 5.41) is 0. The molecule has 0 amide bonds. The molecule has 4 aliphatic carbocycles. The molecule has 0 aromatic rings. The first-order valence-electron chi connectivity index (χ1n) is 13.9. The number of Topliss-reactive ketones (excluding diaryl/α,β-unsaturated/α-hetero) is 3. The molecule has 0 aliphatic heterocycles. The number of ketones is 3. The minimum absolute atomic E-state index is 0.0641. The average molecular weight is 489 g/mol. The molecule has 0 radical (unpaired) electrons. The van der Waals surface area contributed by atoms with Gasteiger partial charge in [-0.2, -0.15) is 0 Å². The summed E-state index contributed by atoms with van der Waals surface area (Å²) in [6.45, 7) is 10.8. The van der Waals surface area contributed by atoms with Gasteiger partial charge >= 0.3 is 5.97 Å². The van der Waals surface area contributed by atoms with Gasteiger partial charge in [-0.25, -0.2) is 0 Å². The van der Waals surface area contributed by atoms with Gasteiger partial charge in [-0.1, -0.05) is 27.7 Å². The highest BCUT2D eigenvalue weighted by Crippen LogP contribution is 2.66. The molecule has 4 aliphatic rings. The number of esters is 1. The molecule has 4 rings (SSSR count). The van der Waals surface area contributed by atoms with Crippen LogP contribution in [0.3, 0.4) is 0 Å². The van der Waals surface area contributed by atoms with Gasteiger partial charge in [0.2, 0.25) is 6.29 Å². The summed E-state index contributed by atoms with van der Waals surface area (Å²) < 4.78 is 10.9. The van der Waals surface area contributed by atoms with Crippen LogP contribution in [0.1, 0.15) is 98.8 Å². The molecule has 35 heavy (non-hydrogen) atoms. The van der Waals surface area contributed by atoms with Gasteiger partial charge in [0.15, 0.2) is 0 Å². The van der Waals surface area contributed by atoms with E-state index >= 15 is 0 Å². The Morgan fingerprint density at radius 2 is 1.80 bits per heavy atom. The summed E-state index contributed by atoms with van der Waals surface area (Å²) in [6, 6.07) is 0. The largest absolute Gasteiger partial charge is 0.436 e. The number of rotatable bonds is 8. The van der Waals surface area contributed by atoms with Crippen LogP contribution in [0.5, 0.6) is 0 Å². The summed E-state index contributed by atoms with van der Waals surface area (Å²) in [4.78, 5) is 51.9. The zero-order chi connectivity index (χ0) is 25.5. The molecule has 0 bridgehead atoms. The van der Waals surface area contributed by atoms with Gasteiger partial charge in [0.25, 0.3) is 0 Å². The van der Waals surface area contributed by atoms with Gasteiger partial charge in [-0.05, 0) is 67.6 Å². The van der Waals surface area contributed by atoms with E-state index in [-0.39, 0.29) is 58.5 Å². The lowest BCUT2D eigenvalue weighted by molar-refractivity contribution is -0.178. The quantitative estimate of drug-likeness (QED) is 0.340. The van der Waals surface area contributed by atoms with E-state index in [9.17, 15) is 19.2 Å². The highest BCUT2D eigenvalue weighted by atomic mass is 16.7. The van der Waals surface area contributed by atoms with Crippen molar-refractivity contribution in [3.05, 3.63) is 0 Å². The van der Waals surface area contributed by atoms with Crippen molar-refractivity contribution in [3.63, 3.8) is 0 Å². The molecule has 0 saturated heterocycles.